The minimum absolute atomic E-state index is 0.0365. The summed E-state index contributed by atoms with van der Waals surface area (Å²) in [6, 6.07) is 2.14. The summed E-state index contributed by atoms with van der Waals surface area (Å²) in [4.78, 5) is 34.7. The van der Waals surface area contributed by atoms with E-state index < -0.39 is 22.1 Å². The summed E-state index contributed by atoms with van der Waals surface area (Å²) in [5, 5.41) is 30.0. The van der Waals surface area contributed by atoms with Gasteiger partial charge in [-0.3, -0.25) is 19.7 Å². The molecule has 0 atom stereocenters. The maximum Gasteiger partial charge on any atom is 0.315 e. The van der Waals surface area contributed by atoms with Gasteiger partial charge in [-0.25, -0.2) is 0 Å². The predicted molar refractivity (Wildman–Crippen MR) is 79.9 cm³/mol. The van der Waals surface area contributed by atoms with Crippen LogP contribution in [0.2, 0.25) is 0 Å². The molecule has 3 rings (SSSR count). The molecule has 2 aliphatic carbocycles. The number of nitro benzene ring substituents is 1. The van der Waals surface area contributed by atoms with Crippen molar-refractivity contribution in [2.45, 2.75) is 25.7 Å². The summed E-state index contributed by atoms with van der Waals surface area (Å²) < 4.78 is 0. The third-order valence-corrected chi connectivity index (χ3v) is 4.03. The maximum absolute atomic E-state index is 12.3. The van der Waals surface area contributed by atoms with Crippen LogP contribution in [-0.2, 0) is 9.59 Å². The summed E-state index contributed by atoms with van der Waals surface area (Å²) in [5.41, 5.74) is -0.493. The molecular weight excluding hydrogens is 302 g/mol. The first-order valence-corrected chi connectivity index (χ1v) is 7.39. The van der Waals surface area contributed by atoms with Crippen molar-refractivity contribution in [1.82, 2.24) is 0 Å². The number of rotatable bonds is 6. The number of phenols is 2. The monoisotopic (exact) mass is 317 g/mol. The lowest BCUT2D eigenvalue weighted by molar-refractivity contribution is -0.386. The van der Waals surface area contributed by atoms with Crippen molar-refractivity contribution in [2.24, 2.45) is 11.8 Å². The normalized spacial score (nSPS) is 16.7. The Morgan fingerprint density at radius 3 is 2.04 bits per heavy atom. The molecule has 0 amide bonds. The van der Waals surface area contributed by atoms with Crippen molar-refractivity contribution >= 4 is 23.3 Å². The average Bonchev–Trinajstić information content (AvgIpc) is 3.39. The summed E-state index contributed by atoms with van der Waals surface area (Å²) >= 11 is 0. The minimum Gasteiger partial charge on any atom is -0.504 e. The van der Waals surface area contributed by atoms with Crippen LogP contribution in [-0.4, -0.2) is 26.7 Å². The van der Waals surface area contributed by atoms with E-state index >= 15 is 0 Å². The second kappa shape index (κ2) is 5.49. The van der Waals surface area contributed by atoms with Crippen LogP contribution in [0.25, 0.3) is 6.08 Å². The van der Waals surface area contributed by atoms with E-state index in [0.717, 1.165) is 37.8 Å². The van der Waals surface area contributed by atoms with Crippen LogP contribution in [0.1, 0.15) is 31.2 Å². The maximum atomic E-state index is 12.3. The highest BCUT2D eigenvalue weighted by Gasteiger charge is 2.39. The fraction of sp³-hybridized carbons (Fsp3) is 0.375. The molecule has 2 aliphatic rings. The lowest BCUT2D eigenvalue weighted by atomic mass is 9.97. The number of carbonyl (C=O) groups is 2. The van der Waals surface area contributed by atoms with Crippen LogP contribution >= 0.6 is 0 Å². The van der Waals surface area contributed by atoms with Gasteiger partial charge in [-0.1, -0.05) is 0 Å². The minimum atomic E-state index is -0.837. The van der Waals surface area contributed by atoms with Crippen molar-refractivity contribution in [1.29, 1.82) is 0 Å². The number of benzene rings is 1. The van der Waals surface area contributed by atoms with E-state index in [2.05, 4.69) is 0 Å². The first-order valence-electron chi connectivity index (χ1n) is 7.39. The summed E-state index contributed by atoms with van der Waals surface area (Å²) in [7, 11) is 0. The van der Waals surface area contributed by atoms with Crippen molar-refractivity contribution in [3.63, 3.8) is 0 Å². The SMILES string of the molecule is O=C(C(=Cc1cc(O)c(O)c([N+](=O)[O-])c1)C(=O)C1CC1)C1CC1. The van der Waals surface area contributed by atoms with Crippen LogP contribution in [0.3, 0.4) is 0 Å². The van der Waals surface area contributed by atoms with Gasteiger partial charge in [0.1, 0.15) is 0 Å². The average molecular weight is 317 g/mol. The van der Waals surface area contributed by atoms with Crippen LogP contribution in [0.15, 0.2) is 17.7 Å². The standard InChI is InChI=1S/C16H15NO6/c18-13-7-8(6-12(16(13)21)17(22)23)5-11(14(19)9-1-2-9)15(20)10-3-4-10/h5-7,9-10,18,21H,1-4H2. The zero-order valence-corrected chi connectivity index (χ0v) is 12.2. The Morgan fingerprint density at radius 1 is 1.09 bits per heavy atom. The third-order valence-electron chi connectivity index (χ3n) is 4.03. The molecule has 2 N–H and O–H groups in total. The smallest absolute Gasteiger partial charge is 0.315 e. The first kappa shape index (κ1) is 15.2. The molecule has 0 heterocycles. The van der Waals surface area contributed by atoms with Crippen LogP contribution in [0.4, 0.5) is 5.69 Å². The van der Waals surface area contributed by atoms with Gasteiger partial charge in [-0.2, -0.15) is 0 Å². The topological polar surface area (TPSA) is 118 Å². The molecule has 2 fully saturated rings. The van der Waals surface area contributed by atoms with Gasteiger partial charge in [0.2, 0.25) is 5.75 Å². The van der Waals surface area contributed by atoms with E-state index in [-0.39, 0.29) is 34.5 Å². The molecule has 0 radical (unpaired) electrons. The molecule has 7 heteroatoms. The number of ketones is 2. The number of hydrogen-bond acceptors (Lipinski definition) is 6. The number of allylic oxidation sites excluding steroid dienone is 1. The lowest BCUT2D eigenvalue weighted by Gasteiger charge is -2.06. The van der Waals surface area contributed by atoms with Gasteiger partial charge in [0.05, 0.1) is 10.5 Å². The molecule has 0 saturated heterocycles. The van der Waals surface area contributed by atoms with Crippen LogP contribution < -0.4 is 0 Å². The molecule has 0 spiro atoms. The number of carbonyl (C=O) groups excluding carboxylic acids is 2. The summed E-state index contributed by atoms with van der Waals surface area (Å²) in [6.07, 6.45) is 4.27. The Morgan fingerprint density at radius 2 is 1.61 bits per heavy atom. The first-order chi connectivity index (χ1) is 10.9. The van der Waals surface area contributed by atoms with Crippen molar-refractivity contribution < 1.29 is 24.7 Å². The number of hydrogen-bond donors (Lipinski definition) is 2. The molecule has 120 valence electrons. The van der Waals surface area contributed by atoms with E-state index in [1.54, 1.807) is 0 Å². The third kappa shape index (κ3) is 3.08. The highest BCUT2D eigenvalue weighted by atomic mass is 16.6. The van der Waals surface area contributed by atoms with Gasteiger partial charge in [0, 0.05) is 17.9 Å². The van der Waals surface area contributed by atoms with E-state index in [0.29, 0.717) is 0 Å². The molecular formula is C16H15NO6. The highest BCUT2D eigenvalue weighted by molar-refractivity contribution is 6.25. The number of nitro groups is 1. The molecule has 0 bridgehead atoms. The van der Waals surface area contributed by atoms with Crippen molar-refractivity contribution in [3.8, 4) is 11.5 Å². The Labute approximate surface area is 131 Å². The van der Waals surface area contributed by atoms with E-state index in [1.807, 2.05) is 0 Å². The highest BCUT2D eigenvalue weighted by Crippen LogP contribution is 2.40. The van der Waals surface area contributed by atoms with Gasteiger partial charge in [0.25, 0.3) is 0 Å². The largest absolute Gasteiger partial charge is 0.504 e. The van der Waals surface area contributed by atoms with Crippen LogP contribution in [0.5, 0.6) is 11.5 Å². The molecule has 7 nitrogen and oxygen atoms in total. The number of Topliss-reactive ketones (excluding diaryl/α,β-unsaturated/α-hetero) is 2. The number of aromatic hydroxyl groups is 2. The van der Waals surface area contributed by atoms with Gasteiger partial charge >= 0.3 is 5.69 Å². The number of nitrogens with zero attached hydrogens (tertiary/aromatic N) is 1. The van der Waals surface area contributed by atoms with Gasteiger partial charge in [-0.05, 0) is 43.4 Å². The fourth-order valence-electron chi connectivity index (χ4n) is 2.41. The zero-order chi connectivity index (χ0) is 16.7. The lowest BCUT2D eigenvalue weighted by Crippen LogP contribution is -2.16. The molecule has 1 aromatic carbocycles. The summed E-state index contributed by atoms with van der Waals surface area (Å²) in [5.74, 6) is -2.28. The quantitative estimate of drug-likeness (QED) is 0.208. The van der Waals surface area contributed by atoms with E-state index in [1.165, 1.54) is 6.08 Å². The molecule has 0 aromatic heterocycles. The Balaban J connectivity index is 2.03. The Kier molecular flexibility index (Phi) is 3.63. The molecule has 0 unspecified atom stereocenters. The van der Waals surface area contributed by atoms with Gasteiger partial charge in [-0.15, -0.1) is 0 Å². The van der Waals surface area contributed by atoms with Crippen molar-refractivity contribution in [3.05, 3.63) is 33.4 Å². The molecule has 1 aromatic rings. The van der Waals surface area contributed by atoms with Crippen LogP contribution in [0, 0.1) is 22.0 Å². The molecule has 23 heavy (non-hydrogen) atoms. The zero-order valence-electron chi connectivity index (χ0n) is 12.2. The van der Waals surface area contributed by atoms with E-state index in [4.69, 9.17) is 0 Å². The fourth-order valence-corrected chi connectivity index (χ4v) is 2.41. The summed E-state index contributed by atoms with van der Waals surface area (Å²) in [6.45, 7) is 0. The predicted octanol–water partition coefficient (Wildman–Crippen LogP) is 2.35. The second-order valence-corrected chi connectivity index (χ2v) is 6.00. The number of phenolic OH excluding ortho intramolecular Hbond substituents is 2. The molecule has 2 saturated carbocycles. The van der Waals surface area contributed by atoms with Gasteiger partial charge < -0.3 is 10.2 Å². The second-order valence-electron chi connectivity index (χ2n) is 6.00. The Hall–Kier alpha value is -2.70. The Bertz CT molecular complexity index is 717. The van der Waals surface area contributed by atoms with E-state index in [9.17, 15) is 29.9 Å². The molecule has 0 aliphatic heterocycles. The van der Waals surface area contributed by atoms with Crippen molar-refractivity contribution in [2.75, 3.05) is 0 Å². The van der Waals surface area contributed by atoms with Gasteiger partial charge in [0.15, 0.2) is 17.3 Å².